The Hall–Kier alpha value is -2.05. The third-order valence-corrected chi connectivity index (χ3v) is 4.39. The van der Waals surface area contributed by atoms with E-state index in [4.69, 9.17) is 0 Å². The Morgan fingerprint density at radius 3 is 2.90 bits per heavy atom. The first kappa shape index (κ1) is 13.9. The van der Waals surface area contributed by atoms with Gasteiger partial charge >= 0.3 is 6.09 Å². The maximum Gasteiger partial charge on any atom is 0.407 e. The van der Waals surface area contributed by atoms with Crippen LogP contribution >= 0.6 is 0 Å². The number of likely N-dealkylation sites (tertiary alicyclic amines) is 1. The number of hydrogen-bond donors (Lipinski definition) is 2. The van der Waals surface area contributed by atoms with Crippen LogP contribution in [-0.2, 0) is 9.53 Å². The van der Waals surface area contributed by atoms with Crippen LogP contribution in [0.1, 0.15) is 36.8 Å². The van der Waals surface area contributed by atoms with Gasteiger partial charge in [-0.3, -0.25) is 4.79 Å². The van der Waals surface area contributed by atoms with Crippen LogP contribution in [0.5, 0.6) is 0 Å². The van der Waals surface area contributed by atoms with Crippen molar-refractivity contribution in [2.45, 2.75) is 32.2 Å². The Morgan fingerprint density at radius 2 is 2.33 bits per heavy atom. The van der Waals surface area contributed by atoms with Gasteiger partial charge in [-0.2, -0.15) is 0 Å². The number of H-pyrrole nitrogens is 1. The van der Waals surface area contributed by atoms with E-state index in [1.54, 1.807) is 6.20 Å². The van der Waals surface area contributed by atoms with Crippen molar-refractivity contribution < 1.29 is 14.3 Å². The molecule has 1 spiro atoms. The number of alkyl carbamates (subject to hydrolysis) is 1. The van der Waals surface area contributed by atoms with Crippen molar-refractivity contribution in [1.29, 1.82) is 0 Å². The molecule has 1 atom stereocenters. The number of ether oxygens (including phenoxy) is 1. The summed E-state index contributed by atoms with van der Waals surface area (Å²) >= 11 is 0. The lowest BCUT2D eigenvalue weighted by molar-refractivity contribution is -0.131. The van der Waals surface area contributed by atoms with Crippen LogP contribution < -0.4 is 5.32 Å². The summed E-state index contributed by atoms with van der Waals surface area (Å²) in [5.41, 5.74) is 1.26. The summed E-state index contributed by atoms with van der Waals surface area (Å²) in [6, 6.07) is -0.0202. The molecule has 2 amide bonds. The average Bonchev–Trinajstić information content (AvgIpc) is 2.91. The summed E-state index contributed by atoms with van der Waals surface area (Å²) in [6.07, 6.45) is 4.47. The summed E-state index contributed by atoms with van der Waals surface area (Å²) in [4.78, 5) is 32.9. The summed E-state index contributed by atoms with van der Waals surface area (Å²) in [7, 11) is 1.28. The van der Waals surface area contributed by atoms with Crippen molar-refractivity contribution in [1.82, 2.24) is 20.2 Å². The zero-order valence-corrected chi connectivity index (χ0v) is 12.3. The van der Waals surface area contributed by atoms with Gasteiger partial charge in [-0.05, 0) is 31.6 Å². The van der Waals surface area contributed by atoms with E-state index in [9.17, 15) is 9.59 Å². The van der Waals surface area contributed by atoms with Crippen molar-refractivity contribution >= 4 is 12.0 Å². The number of amides is 2. The van der Waals surface area contributed by atoms with Gasteiger partial charge < -0.3 is 19.9 Å². The molecule has 2 N–H and O–H groups in total. The van der Waals surface area contributed by atoms with Crippen LogP contribution in [0.4, 0.5) is 4.79 Å². The molecule has 3 rings (SSSR count). The monoisotopic (exact) mass is 292 g/mol. The predicted octanol–water partition coefficient (Wildman–Crippen LogP) is 1.13. The second-order valence-electron chi connectivity index (χ2n) is 6.04. The van der Waals surface area contributed by atoms with E-state index in [0.29, 0.717) is 0 Å². The lowest BCUT2D eigenvalue weighted by Crippen LogP contribution is -2.40. The van der Waals surface area contributed by atoms with Gasteiger partial charge in [0, 0.05) is 18.4 Å². The third kappa shape index (κ3) is 2.72. The second-order valence-corrected chi connectivity index (χ2v) is 6.04. The molecule has 2 fully saturated rings. The highest BCUT2D eigenvalue weighted by molar-refractivity contribution is 5.82. The number of carbonyl (C=O) groups is 2. The largest absolute Gasteiger partial charge is 0.453 e. The highest BCUT2D eigenvalue weighted by Crippen LogP contribution is 2.58. The molecule has 21 heavy (non-hydrogen) atoms. The third-order valence-electron chi connectivity index (χ3n) is 4.39. The standard InChI is InChI=1S/C14H20N4O3/c1-9-6-15-12(17-9)10-5-14(3-4-14)8-18(10)11(19)7-16-13(20)21-2/h6,10H,3-5,7-8H2,1-2H3,(H,15,17)(H,16,20)/t10-/m0/s1. The first-order valence-electron chi connectivity index (χ1n) is 7.16. The van der Waals surface area contributed by atoms with E-state index in [2.05, 4.69) is 20.0 Å². The topological polar surface area (TPSA) is 87.3 Å². The van der Waals surface area contributed by atoms with Crippen LogP contribution in [0.2, 0.25) is 0 Å². The number of nitrogens with zero attached hydrogens (tertiary/aromatic N) is 2. The fourth-order valence-electron chi connectivity index (χ4n) is 3.03. The van der Waals surface area contributed by atoms with E-state index < -0.39 is 6.09 Å². The van der Waals surface area contributed by atoms with Crippen LogP contribution in [0.15, 0.2) is 6.20 Å². The molecule has 0 radical (unpaired) electrons. The molecule has 1 aliphatic carbocycles. The molecule has 7 heteroatoms. The number of methoxy groups -OCH3 is 1. The fourth-order valence-corrected chi connectivity index (χ4v) is 3.03. The lowest BCUT2D eigenvalue weighted by atomic mass is 10.0. The Labute approximate surface area is 123 Å². The minimum atomic E-state index is -0.589. The van der Waals surface area contributed by atoms with E-state index in [1.807, 2.05) is 11.8 Å². The smallest absolute Gasteiger partial charge is 0.407 e. The fraction of sp³-hybridized carbons (Fsp3) is 0.643. The van der Waals surface area contributed by atoms with E-state index in [0.717, 1.165) is 37.3 Å². The van der Waals surface area contributed by atoms with Crippen molar-refractivity contribution in [3.63, 3.8) is 0 Å². The maximum atomic E-state index is 12.4. The Kier molecular flexibility index (Phi) is 3.35. The van der Waals surface area contributed by atoms with E-state index >= 15 is 0 Å². The molecule has 0 unspecified atom stereocenters. The molecule has 2 aliphatic rings. The first-order chi connectivity index (χ1) is 10.0. The number of aromatic amines is 1. The van der Waals surface area contributed by atoms with Crippen molar-refractivity contribution in [3.05, 3.63) is 17.7 Å². The van der Waals surface area contributed by atoms with E-state index in [-0.39, 0.29) is 23.9 Å². The molecule has 2 heterocycles. The summed E-state index contributed by atoms with van der Waals surface area (Å²) in [6.45, 7) is 2.65. The highest BCUT2D eigenvalue weighted by atomic mass is 16.5. The van der Waals surface area contributed by atoms with Gasteiger partial charge in [-0.15, -0.1) is 0 Å². The first-order valence-corrected chi connectivity index (χ1v) is 7.16. The molecule has 1 saturated carbocycles. The summed E-state index contributed by atoms with van der Waals surface area (Å²) in [5.74, 6) is 0.742. The number of aryl methyl sites for hydroxylation is 1. The zero-order chi connectivity index (χ0) is 15.0. The lowest BCUT2D eigenvalue weighted by Gasteiger charge is -2.23. The zero-order valence-electron chi connectivity index (χ0n) is 12.3. The number of rotatable bonds is 3. The Bertz CT molecular complexity index is 564. The maximum absolute atomic E-state index is 12.4. The Balaban J connectivity index is 1.72. The molecular weight excluding hydrogens is 272 g/mol. The van der Waals surface area contributed by atoms with Gasteiger partial charge in [0.2, 0.25) is 5.91 Å². The van der Waals surface area contributed by atoms with E-state index in [1.165, 1.54) is 7.11 Å². The Morgan fingerprint density at radius 1 is 1.57 bits per heavy atom. The van der Waals surface area contributed by atoms with Crippen LogP contribution in [-0.4, -0.2) is 47.1 Å². The molecule has 0 bridgehead atoms. The van der Waals surface area contributed by atoms with Crippen LogP contribution in [0.25, 0.3) is 0 Å². The minimum absolute atomic E-state index is 0.0202. The predicted molar refractivity (Wildman–Crippen MR) is 74.5 cm³/mol. The molecule has 1 aromatic heterocycles. The second kappa shape index (κ2) is 5.05. The van der Waals surface area contributed by atoms with Gasteiger partial charge in [-0.1, -0.05) is 0 Å². The SMILES string of the molecule is COC(=O)NCC(=O)N1CC2(CC2)C[C@H]1c1ncc(C)[nH]1. The molecular formula is C14H20N4O3. The summed E-state index contributed by atoms with van der Waals surface area (Å²) < 4.78 is 4.49. The normalized spacial score (nSPS) is 22.4. The van der Waals surface area contributed by atoms with Crippen LogP contribution in [0, 0.1) is 12.3 Å². The quantitative estimate of drug-likeness (QED) is 0.874. The molecule has 114 valence electrons. The van der Waals surface area contributed by atoms with Gasteiger partial charge in [0.25, 0.3) is 0 Å². The number of carbonyl (C=O) groups excluding carboxylic acids is 2. The van der Waals surface area contributed by atoms with Gasteiger partial charge in [0.05, 0.1) is 13.2 Å². The van der Waals surface area contributed by atoms with Crippen molar-refractivity contribution in [2.24, 2.45) is 5.41 Å². The number of imidazole rings is 1. The van der Waals surface area contributed by atoms with Crippen molar-refractivity contribution in [3.8, 4) is 0 Å². The average molecular weight is 292 g/mol. The minimum Gasteiger partial charge on any atom is -0.453 e. The number of hydrogen-bond acceptors (Lipinski definition) is 4. The highest BCUT2D eigenvalue weighted by Gasteiger charge is 2.54. The molecule has 7 nitrogen and oxygen atoms in total. The van der Waals surface area contributed by atoms with Gasteiger partial charge in [0.15, 0.2) is 0 Å². The molecule has 1 aromatic rings. The van der Waals surface area contributed by atoms with Gasteiger partial charge in [0.1, 0.15) is 12.4 Å². The van der Waals surface area contributed by atoms with Crippen molar-refractivity contribution in [2.75, 3.05) is 20.2 Å². The molecule has 0 aromatic carbocycles. The van der Waals surface area contributed by atoms with Crippen LogP contribution in [0.3, 0.4) is 0 Å². The molecule has 1 saturated heterocycles. The van der Waals surface area contributed by atoms with Gasteiger partial charge in [-0.25, -0.2) is 9.78 Å². The molecule has 1 aliphatic heterocycles. The number of aromatic nitrogens is 2. The number of nitrogens with one attached hydrogen (secondary N) is 2. The summed E-state index contributed by atoms with van der Waals surface area (Å²) in [5, 5.41) is 2.45.